The molecular weight excluding hydrogens is 488 g/mol. The summed E-state index contributed by atoms with van der Waals surface area (Å²) in [6.07, 6.45) is 1.72. The van der Waals surface area contributed by atoms with Gasteiger partial charge in [0.2, 0.25) is 0 Å². The minimum atomic E-state index is 0.841. The van der Waals surface area contributed by atoms with E-state index in [2.05, 4.69) is 115 Å². The Morgan fingerprint density at radius 2 is 1.05 bits per heavy atom. The lowest BCUT2D eigenvalue weighted by atomic mass is 9.84. The van der Waals surface area contributed by atoms with Crippen LogP contribution in [-0.4, -0.2) is 0 Å². The number of hydrogen-bond donors (Lipinski definition) is 0. The van der Waals surface area contributed by atoms with E-state index in [4.69, 9.17) is 8.83 Å². The number of benzene rings is 7. The Bertz CT molecular complexity index is 2370. The minimum Gasteiger partial charge on any atom is -0.464 e. The third-order valence-electron chi connectivity index (χ3n) is 8.35. The summed E-state index contributed by atoms with van der Waals surface area (Å²) in [5.41, 5.74) is 7.57. The summed E-state index contributed by atoms with van der Waals surface area (Å²) in [4.78, 5) is 0. The van der Waals surface area contributed by atoms with Crippen molar-refractivity contribution in [3.63, 3.8) is 0 Å². The van der Waals surface area contributed by atoms with Crippen molar-refractivity contribution in [2.24, 2.45) is 0 Å². The largest absolute Gasteiger partial charge is 0.464 e. The van der Waals surface area contributed by atoms with Crippen molar-refractivity contribution in [3.8, 4) is 22.3 Å². The monoisotopic (exact) mass is 510 g/mol. The lowest BCUT2D eigenvalue weighted by Gasteiger charge is -2.18. The number of furan rings is 2. The summed E-state index contributed by atoms with van der Waals surface area (Å²) < 4.78 is 12.0. The molecule has 40 heavy (non-hydrogen) atoms. The second-order valence-corrected chi connectivity index (χ2v) is 10.5. The summed E-state index contributed by atoms with van der Waals surface area (Å²) in [7, 11) is 0. The highest BCUT2D eigenvalue weighted by atomic mass is 16.3. The van der Waals surface area contributed by atoms with Crippen molar-refractivity contribution in [2.45, 2.75) is 0 Å². The molecule has 0 atom stereocenters. The van der Waals surface area contributed by atoms with Gasteiger partial charge in [-0.25, -0.2) is 0 Å². The average molecular weight is 511 g/mol. The minimum absolute atomic E-state index is 0.841. The van der Waals surface area contributed by atoms with Gasteiger partial charge in [0, 0.05) is 10.8 Å². The highest BCUT2D eigenvalue weighted by Gasteiger charge is 2.19. The number of rotatable bonds is 2. The summed E-state index contributed by atoms with van der Waals surface area (Å²) in [5, 5.41) is 10.7. The normalized spacial score (nSPS) is 12.0. The molecule has 2 heterocycles. The molecule has 2 aromatic heterocycles. The average Bonchev–Trinajstić information content (AvgIpc) is 3.64. The third kappa shape index (κ3) is 2.93. The van der Waals surface area contributed by atoms with Crippen molar-refractivity contribution in [3.05, 3.63) is 134 Å². The molecule has 186 valence electrons. The summed E-state index contributed by atoms with van der Waals surface area (Å²) in [6.45, 7) is 0. The van der Waals surface area contributed by atoms with Gasteiger partial charge in [0.05, 0.1) is 11.6 Å². The van der Waals surface area contributed by atoms with E-state index in [1.165, 1.54) is 54.6 Å². The zero-order chi connectivity index (χ0) is 26.2. The fraction of sp³-hybridized carbons (Fsp3) is 0. The van der Waals surface area contributed by atoms with Crippen LogP contribution in [0.15, 0.2) is 142 Å². The molecule has 0 aliphatic heterocycles. The van der Waals surface area contributed by atoms with E-state index in [0.717, 1.165) is 32.9 Å². The van der Waals surface area contributed by atoms with Crippen LogP contribution in [0.2, 0.25) is 0 Å². The molecule has 2 nitrogen and oxygen atoms in total. The highest BCUT2D eigenvalue weighted by molar-refractivity contribution is 6.24. The van der Waals surface area contributed by atoms with Crippen LogP contribution in [0, 0.1) is 0 Å². The van der Waals surface area contributed by atoms with Gasteiger partial charge in [-0.1, -0.05) is 97.1 Å². The maximum absolute atomic E-state index is 6.35. The van der Waals surface area contributed by atoms with Crippen LogP contribution in [0.5, 0.6) is 0 Å². The third-order valence-corrected chi connectivity index (χ3v) is 8.35. The molecule has 7 aromatic carbocycles. The van der Waals surface area contributed by atoms with E-state index in [1.54, 1.807) is 6.26 Å². The van der Waals surface area contributed by atoms with Gasteiger partial charge in [0.1, 0.15) is 16.7 Å². The van der Waals surface area contributed by atoms with Gasteiger partial charge in [0.25, 0.3) is 0 Å². The van der Waals surface area contributed by atoms with Crippen molar-refractivity contribution >= 4 is 65.2 Å². The summed E-state index contributed by atoms with van der Waals surface area (Å²) in [6, 6.07) is 45.7. The van der Waals surface area contributed by atoms with E-state index >= 15 is 0 Å². The Balaban J connectivity index is 1.40. The second kappa shape index (κ2) is 8.08. The molecule has 0 radical (unpaired) electrons. The lowest BCUT2D eigenvalue weighted by Crippen LogP contribution is -1.91. The standard InChI is InChI=1S/C38H22O2/c1-2-10-25-23(8-1)9-7-15-26(25)37-29-13-5-3-11-27(29)36(28-12-4-6-14-30(28)37)24-16-18-35-33(22-24)31-17-19-34-32(20-21-39-34)38(31)40-35/h1-22H. The van der Waals surface area contributed by atoms with Crippen LogP contribution < -0.4 is 0 Å². The van der Waals surface area contributed by atoms with E-state index in [9.17, 15) is 0 Å². The molecule has 9 aromatic rings. The molecule has 0 bridgehead atoms. The van der Waals surface area contributed by atoms with Gasteiger partial charge in [-0.3, -0.25) is 0 Å². The number of hydrogen-bond acceptors (Lipinski definition) is 2. The predicted octanol–water partition coefficient (Wildman–Crippen LogP) is 11.1. The molecule has 0 N–H and O–H groups in total. The molecule has 0 amide bonds. The Kier molecular flexibility index (Phi) is 4.36. The Morgan fingerprint density at radius 3 is 1.82 bits per heavy atom. The molecule has 0 saturated heterocycles. The Labute approximate surface area is 229 Å². The van der Waals surface area contributed by atoms with Gasteiger partial charge in [-0.2, -0.15) is 0 Å². The van der Waals surface area contributed by atoms with Crippen LogP contribution in [-0.2, 0) is 0 Å². The topological polar surface area (TPSA) is 26.3 Å². The first-order valence-electron chi connectivity index (χ1n) is 13.6. The maximum Gasteiger partial charge on any atom is 0.146 e. The van der Waals surface area contributed by atoms with Crippen molar-refractivity contribution in [2.75, 3.05) is 0 Å². The fourth-order valence-electron chi connectivity index (χ4n) is 6.61. The molecule has 9 rings (SSSR count). The van der Waals surface area contributed by atoms with E-state index in [1.807, 2.05) is 12.1 Å². The van der Waals surface area contributed by atoms with Crippen molar-refractivity contribution in [1.29, 1.82) is 0 Å². The molecule has 0 aliphatic carbocycles. The van der Waals surface area contributed by atoms with E-state index in [0.29, 0.717) is 0 Å². The van der Waals surface area contributed by atoms with Gasteiger partial charge >= 0.3 is 0 Å². The number of fused-ring (bicyclic) bond motifs is 8. The van der Waals surface area contributed by atoms with Gasteiger partial charge < -0.3 is 8.83 Å². The Morgan fingerprint density at radius 1 is 0.400 bits per heavy atom. The van der Waals surface area contributed by atoms with Gasteiger partial charge in [0.15, 0.2) is 0 Å². The van der Waals surface area contributed by atoms with Crippen LogP contribution in [0.4, 0.5) is 0 Å². The maximum atomic E-state index is 6.35. The first-order valence-corrected chi connectivity index (χ1v) is 13.6. The Hall–Kier alpha value is -5.34. The molecule has 2 heteroatoms. The summed E-state index contributed by atoms with van der Waals surface area (Å²) in [5.74, 6) is 0. The molecule has 0 fully saturated rings. The quantitative estimate of drug-likeness (QED) is 0.216. The lowest BCUT2D eigenvalue weighted by molar-refractivity contribution is 0.615. The molecule has 0 aliphatic rings. The van der Waals surface area contributed by atoms with Crippen LogP contribution in [0.25, 0.3) is 87.5 Å². The van der Waals surface area contributed by atoms with Crippen LogP contribution >= 0.6 is 0 Å². The van der Waals surface area contributed by atoms with Crippen molar-refractivity contribution < 1.29 is 8.83 Å². The van der Waals surface area contributed by atoms with Crippen LogP contribution in [0.3, 0.4) is 0 Å². The predicted molar refractivity (Wildman–Crippen MR) is 167 cm³/mol. The second-order valence-electron chi connectivity index (χ2n) is 10.5. The summed E-state index contributed by atoms with van der Waals surface area (Å²) >= 11 is 0. The molecule has 0 saturated carbocycles. The first-order chi connectivity index (χ1) is 19.8. The smallest absolute Gasteiger partial charge is 0.146 e. The molecular formula is C38H22O2. The fourth-order valence-corrected chi connectivity index (χ4v) is 6.61. The van der Waals surface area contributed by atoms with Gasteiger partial charge in [-0.15, -0.1) is 0 Å². The zero-order valence-electron chi connectivity index (χ0n) is 21.5. The highest BCUT2D eigenvalue weighted by Crippen LogP contribution is 2.46. The van der Waals surface area contributed by atoms with Crippen molar-refractivity contribution in [1.82, 2.24) is 0 Å². The molecule has 0 unspecified atom stereocenters. The van der Waals surface area contributed by atoms with Gasteiger partial charge in [-0.05, 0) is 84.9 Å². The zero-order valence-corrected chi connectivity index (χ0v) is 21.5. The van der Waals surface area contributed by atoms with Crippen LogP contribution in [0.1, 0.15) is 0 Å². The molecule has 0 spiro atoms. The van der Waals surface area contributed by atoms with E-state index < -0.39 is 0 Å². The first kappa shape index (κ1) is 21.6. The van der Waals surface area contributed by atoms with E-state index in [-0.39, 0.29) is 0 Å². The SMILES string of the molecule is c1ccc2c(-c3c4ccccc4c(-c4ccc5oc6c7ccoc7ccc6c5c4)c4ccccc34)cccc2c1.